The zero-order chi connectivity index (χ0) is 72.8. The van der Waals surface area contributed by atoms with Crippen LogP contribution in [0.1, 0.15) is 139 Å². The molecule has 6 aliphatic rings. The third kappa shape index (κ3) is 12.7. The van der Waals surface area contributed by atoms with E-state index in [0.29, 0.717) is 30.0 Å². The van der Waals surface area contributed by atoms with Gasteiger partial charge in [0.15, 0.2) is 0 Å². The zero-order valence-corrected chi connectivity index (χ0v) is 59.3. The number of hydrogen-bond acceptors (Lipinski definition) is 15. The number of carboxylic acids is 1. The summed E-state index contributed by atoms with van der Waals surface area (Å²) in [5, 5.41) is 39.4. The quantitative estimate of drug-likeness (QED) is 0.0102. The molecule has 0 aromatic carbocycles. The van der Waals surface area contributed by atoms with Crippen molar-refractivity contribution >= 4 is 90.6 Å². The Morgan fingerprint density at radius 2 is 1.10 bits per heavy atom. The van der Waals surface area contributed by atoms with E-state index in [1.165, 1.54) is 32.5 Å². The van der Waals surface area contributed by atoms with Crippen LogP contribution in [0.25, 0.3) is 60.8 Å². The van der Waals surface area contributed by atoms with Gasteiger partial charge in [-0.2, -0.15) is 4.89 Å². The summed E-state index contributed by atoms with van der Waals surface area (Å²) in [6, 6.07) is 0. The van der Waals surface area contributed by atoms with Crippen LogP contribution in [0.2, 0.25) is 0 Å². The highest BCUT2D eigenvalue weighted by Crippen LogP contribution is 2.58. The fraction of sp³-hybridized carbons (Fsp3) is 0.329. The zero-order valence-electron chi connectivity index (χ0n) is 59.3. The second-order valence-electron chi connectivity index (χ2n) is 26.6. The smallest absolute Gasteiger partial charge is 0.334 e. The molecule has 5 atom stereocenters. The molecule has 0 saturated carbocycles. The molecular formula is C79H88N8O14. The maximum atomic E-state index is 13.8. The van der Waals surface area contributed by atoms with Crippen LogP contribution in [0.15, 0.2) is 83.2 Å². The topological polar surface area (TPSA) is 320 Å². The fourth-order valence-electron chi connectivity index (χ4n) is 15.2. The number of carboxylic acid groups (broad SMARTS) is 1. The third-order valence-corrected chi connectivity index (χ3v) is 21.3. The van der Waals surface area contributed by atoms with E-state index in [0.717, 1.165) is 140 Å². The van der Waals surface area contributed by atoms with E-state index in [-0.39, 0.29) is 56.3 Å². The minimum Gasteiger partial charge on any atom is -0.478 e. The van der Waals surface area contributed by atoms with Crippen molar-refractivity contribution in [3.05, 3.63) is 217 Å². The van der Waals surface area contributed by atoms with E-state index < -0.39 is 52.5 Å². The number of aromatic nitrogens is 6. The number of carbonyl (C=O) groups is 5. The van der Waals surface area contributed by atoms with Crippen LogP contribution in [0, 0.1) is 84.0 Å². The first kappa shape index (κ1) is 71.5. The Morgan fingerprint density at radius 1 is 0.564 bits per heavy atom. The van der Waals surface area contributed by atoms with Gasteiger partial charge in [0.25, 0.3) is 0 Å². The second kappa shape index (κ2) is 28.4. The second-order valence-corrected chi connectivity index (χ2v) is 26.6. The van der Waals surface area contributed by atoms with Crippen molar-refractivity contribution in [2.75, 3.05) is 47.8 Å². The number of allylic oxidation sites excluding steroid dienone is 8. The summed E-state index contributed by atoms with van der Waals surface area (Å²) in [6.07, 6.45) is 26.2. The number of aliphatic hydroxyl groups excluding tert-OH is 2. The molecule has 2 fully saturated rings. The van der Waals surface area contributed by atoms with E-state index in [4.69, 9.17) is 28.7 Å². The highest BCUT2D eigenvalue weighted by atomic mass is 17.2. The molecule has 0 radical (unpaired) electrons. The standard InChI is InChI=1S/C44H50N4O10.C35H38N4O4/c1-9-27-24(3)32-19-33-26(5)30(18-23(2)58-57-17-15-50)36(46-33)21-35-28(11-13-40(51)56-16-14-49)25(4)34(45-35)20-38-31-12-10-29(42(52)54-7)41(43(53)55-8)44(31,6)39(48-38)22-37(27)47-32;1-9-21-20(6)27-14-30-23-11-10-22(33(40)41)32(34(42)43-8)35(23,7)31(39-30)15-28-19(5)18(4)25(37-28)12-24-16(2)17(3)26(36-24)13-29(21)38-27/h9-10,12,19-22,41,45-50H,1-2,11,13-18H2,3-8H3;9-10,12-15,23,32,36-39H,1,11H2,2-8H3,(H,40,41). The molecule has 16 bridgehead atoms. The number of aromatic amines is 6. The van der Waals surface area contributed by atoms with Crippen LogP contribution >= 0.6 is 0 Å². The normalized spacial score (nSPS) is 19.8. The van der Waals surface area contributed by atoms with Gasteiger partial charge in [-0.25, -0.2) is 9.59 Å². The Balaban J connectivity index is 0.000000212. The van der Waals surface area contributed by atoms with Crippen molar-refractivity contribution < 1.29 is 68.0 Å². The Bertz CT molecular complexity index is 5010. The first-order valence-electron chi connectivity index (χ1n) is 33.5. The number of H-pyrrole nitrogens is 6. The van der Waals surface area contributed by atoms with Crippen molar-refractivity contribution in [1.82, 2.24) is 40.5 Å². The van der Waals surface area contributed by atoms with Crippen LogP contribution in [-0.2, 0) is 65.5 Å². The molecule has 11 N–H and O–H groups in total. The average Bonchev–Trinajstić information content (AvgIpc) is 1.60. The molecule has 6 aromatic heterocycles. The largest absolute Gasteiger partial charge is 0.478 e. The number of hydrogen-bond donors (Lipinski definition) is 11. The Labute approximate surface area is 584 Å². The molecule has 6 aromatic rings. The lowest BCUT2D eigenvalue weighted by molar-refractivity contribution is -0.266. The lowest BCUT2D eigenvalue weighted by atomic mass is 9.60. The van der Waals surface area contributed by atoms with E-state index in [1.54, 1.807) is 18.2 Å². The van der Waals surface area contributed by atoms with Gasteiger partial charge in [-0.1, -0.05) is 57.0 Å². The minimum absolute atomic E-state index is 0.0134. The molecule has 22 heteroatoms. The van der Waals surface area contributed by atoms with Gasteiger partial charge in [0.05, 0.1) is 45.5 Å². The van der Waals surface area contributed by atoms with Crippen LogP contribution in [0.4, 0.5) is 0 Å². The molecule has 5 unspecified atom stereocenters. The van der Waals surface area contributed by atoms with Gasteiger partial charge in [0, 0.05) is 131 Å². The molecule has 101 heavy (non-hydrogen) atoms. The number of fused-ring (bicyclic) bond motifs is 22. The van der Waals surface area contributed by atoms with E-state index in [9.17, 15) is 39.3 Å². The van der Waals surface area contributed by atoms with Gasteiger partial charge in [-0.05, 0) is 185 Å². The van der Waals surface area contributed by atoms with Gasteiger partial charge in [0.2, 0.25) is 0 Å². The van der Waals surface area contributed by atoms with E-state index in [1.807, 2.05) is 77.2 Å². The van der Waals surface area contributed by atoms with E-state index >= 15 is 0 Å². The monoisotopic (exact) mass is 1370 g/mol. The van der Waals surface area contributed by atoms with Crippen molar-refractivity contribution in [3.63, 3.8) is 0 Å². The first-order valence-corrected chi connectivity index (χ1v) is 33.5. The summed E-state index contributed by atoms with van der Waals surface area (Å²) < 4.78 is 20.9. The molecule has 10 heterocycles. The number of nitrogens with one attached hydrogen (secondary N) is 8. The number of methoxy groups -OCH3 is 3. The molecule has 0 spiro atoms. The first-order chi connectivity index (χ1) is 48.2. The van der Waals surface area contributed by atoms with Gasteiger partial charge in [0.1, 0.15) is 30.8 Å². The van der Waals surface area contributed by atoms with Gasteiger partial charge < -0.3 is 79.7 Å². The lowest BCUT2D eigenvalue weighted by Crippen LogP contribution is -2.44. The van der Waals surface area contributed by atoms with Crippen molar-refractivity contribution in [1.29, 1.82) is 0 Å². The Morgan fingerprint density at radius 3 is 1.71 bits per heavy atom. The maximum absolute atomic E-state index is 13.8. The van der Waals surface area contributed by atoms with Crippen LogP contribution in [0.3, 0.4) is 0 Å². The molecular weight excluding hydrogens is 1280 g/mol. The predicted molar refractivity (Wildman–Crippen MR) is 386 cm³/mol. The molecule has 4 aliphatic heterocycles. The SMILES string of the molecule is C=Cc1c2[nH]c(c1C)C=C1NC(=Cc3[nH]c(c(C)c3C)C=c3[nH]c(c(C)c3C)=C2)C2(C)C1CC=C(C(=O)O)C2C(=O)OC.C=Cc1c2[nH]c(c1C)C=c1[nH]c(c(CC(=C)OOCCO)c1C)=Cc1[nH]c(c(C)c1CCC(=O)OCCO)C=C1NC(=C2)C2(C)C1=CC=C(C(=O)OC)C2C(=O)OC. The summed E-state index contributed by atoms with van der Waals surface area (Å²) in [4.78, 5) is 97.6. The molecule has 22 nitrogen and oxygen atoms in total. The fourth-order valence-corrected chi connectivity index (χ4v) is 15.2. The van der Waals surface area contributed by atoms with Crippen LogP contribution in [0.5, 0.6) is 0 Å². The van der Waals surface area contributed by atoms with Gasteiger partial charge >= 0.3 is 29.8 Å². The average molecular weight is 1370 g/mol. The molecule has 12 rings (SSSR count). The van der Waals surface area contributed by atoms with Crippen LogP contribution in [-0.4, -0.2) is 123 Å². The molecule has 528 valence electrons. The number of carbonyl (C=O) groups excluding carboxylic acids is 4. The lowest BCUT2D eigenvalue weighted by Gasteiger charge is -2.40. The molecule has 2 aliphatic carbocycles. The summed E-state index contributed by atoms with van der Waals surface area (Å²) >= 11 is 0. The van der Waals surface area contributed by atoms with Crippen LogP contribution < -0.4 is 32.0 Å². The molecule has 0 amide bonds. The number of ether oxygens (including phenoxy) is 4. The number of rotatable bonds is 17. The maximum Gasteiger partial charge on any atom is 0.334 e. The van der Waals surface area contributed by atoms with Gasteiger partial charge in [-0.15, -0.1) is 0 Å². The number of esters is 4. The Kier molecular flexibility index (Phi) is 20.1. The highest BCUT2D eigenvalue weighted by Gasteiger charge is 2.59. The number of aliphatic carboxylic acids is 1. The van der Waals surface area contributed by atoms with Crippen molar-refractivity contribution in [2.45, 2.75) is 94.9 Å². The number of aliphatic hydroxyl groups is 2. The summed E-state index contributed by atoms with van der Waals surface area (Å²) in [6.45, 7) is 32.0. The Hall–Kier alpha value is -10.8. The molecule has 2 saturated heterocycles. The van der Waals surface area contributed by atoms with E-state index in [2.05, 4.69) is 113 Å². The van der Waals surface area contributed by atoms with Crippen molar-refractivity contribution in [2.24, 2.45) is 28.6 Å². The third-order valence-electron chi connectivity index (χ3n) is 21.3. The van der Waals surface area contributed by atoms with Gasteiger partial charge in [-0.3, -0.25) is 14.4 Å². The van der Waals surface area contributed by atoms with Crippen molar-refractivity contribution in [3.8, 4) is 0 Å². The summed E-state index contributed by atoms with van der Waals surface area (Å²) in [5.41, 5.74) is 20.5. The minimum atomic E-state index is -1.12. The predicted octanol–water partition coefficient (Wildman–Crippen LogP) is 8.13. The summed E-state index contributed by atoms with van der Waals surface area (Å²) in [5.74, 6) is -5.28. The highest BCUT2D eigenvalue weighted by molar-refractivity contribution is 5.99. The summed E-state index contributed by atoms with van der Waals surface area (Å²) in [7, 11) is 3.88.